The highest BCUT2D eigenvalue weighted by Gasteiger charge is 2.07. The molecule has 1 aromatic carbocycles. The van der Waals surface area contributed by atoms with Gasteiger partial charge in [0, 0.05) is 11.6 Å². The van der Waals surface area contributed by atoms with Gasteiger partial charge in [-0.2, -0.15) is 0 Å². The maximum Gasteiger partial charge on any atom is 0.309 e. The lowest BCUT2D eigenvalue weighted by atomic mass is 10.1. The molecule has 0 aromatic heterocycles. The molecule has 16 heavy (non-hydrogen) atoms. The van der Waals surface area contributed by atoms with E-state index < -0.39 is 23.4 Å². The number of phenolic OH excluding ortho intramolecular Hbond substituents is 1. The van der Waals surface area contributed by atoms with Gasteiger partial charge in [0.2, 0.25) is 0 Å². The molecule has 1 N–H and O–H groups in total. The first-order chi connectivity index (χ1) is 7.54. The average molecular weight is 228 g/mol. The van der Waals surface area contributed by atoms with Gasteiger partial charge < -0.3 is 9.84 Å². The third kappa shape index (κ3) is 3.05. The van der Waals surface area contributed by atoms with Gasteiger partial charge in [0.1, 0.15) is 5.82 Å². The fourth-order valence-corrected chi connectivity index (χ4v) is 1.08. The van der Waals surface area contributed by atoms with Crippen molar-refractivity contribution in [2.75, 3.05) is 7.11 Å². The maximum absolute atomic E-state index is 12.9. The monoisotopic (exact) mass is 228 g/mol. The van der Waals surface area contributed by atoms with Gasteiger partial charge in [-0.25, -0.2) is 8.78 Å². The van der Waals surface area contributed by atoms with Crippen molar-refractivity contribution in [1.82, 2.24) is 0 Å². The van der Waals surface area contributed by atoms with Crippen LogP contribution >= 0.6 is 0 Å². The quantitative estimate of drug-likeness (QED) is 0.807. The highest BCUT2D eigenvalue weighted by molar-refractivity contribution is 5.72. The average Bonchev–Trinajstić information content (AvgIpc) is 2.24. The lowest BCUT2D eigenvalue weighted by Gasteiger charge is -2.00. The van der Waals surface area contributed by atoms with Crippen molar-refractivity contribution >= 4 is 12.0 Å². The normalized spacial score (nSPS) is 10.7. The second-order valence-corrected chi connectivity index (χ2v) is 3.01. The summed E-state index contributed by atoms with van der Waals surface area (Å²) in [7, 11) is 1.23. The number of esters is 1. The minimum atomic E-state index is -1.04. The van der Waals surface area contributed by atoms with Gasteiger partial charge in [-0.3, -0.25) is 4.79 Å². The van der Waals surface area contributed by atoms with Gasteiger partial charge >= 0.3 is 5.97 Å². The van der Waals surface area contributed by atoms with Gasteiger partial charge in [0.25, 0.3) is 0 Å². The van der Waals surface area contributed by atoms with E-state index in [4.69, 9.17) is 0 Å². The largest absolute Gasteiger partial charge is 0.504 e. The number of aromatic hydroxyl groups is 1. The van der Waals surface area contributed by atoms with E-state index in [1.807, 2.05) is 0 Å². The summed E-state index contributed by atoms with van der Waals surface area (Å²) in [6.07, 6.45) is 2.56. The van der Waals surface area contributed by atoms with E-state index >= 15 is 0 Å². The summed E-state index contributed by atoms with van der Waals surface area (Å²) in [5, 5.41) is 9.24. The lowest BCUT2D eigenvalue weighted by Crippen LogP contribution is -1.96. The summed E-state index contributed by atoms with van der Waals surface area (Å²) >= 11 is 0. The molecule has 0 unspecified atom stereocenters. The molecule has 86 valence electrons. The van der Waals surface area contributed by atoms with E-state index in [-0.39, 0.29) is 12.0 Å². The lowest BCUT2D eigenvalue weighted by molar-refractivity contribution is -0.139. The van der Waals surface area contributed by atoms with E-state index in [9.17, 15) is 18.7 Å². The standard InChI is InChI=1S/C11H10F2O3/c1-16-10(14)4-2-3-7-5-8(12)6-9(13)11(7)15/h2-3,5-6,15H,4H2,1H3. The van der Waals surface area contributed by atoms with E-state index in [0.717, 1.165) is 6.07 Å². The Hall–Kier alpha value is -1.91. The van der Waals surface area contributed by atoms with Crippen molar-refractivity contribution in [3.8, 4) is 5.75 Å². The van der Waals surface area contributed by atoms with Crippen molar-refractivity contribution in [3.05, 3.63) is 35.4 Å². The summed E-state index contributed by atoms with van der Waals surface area (Å²) < 4.78 is 30.0. The minimum Gasteiger partial charge on any atom is -0.504 e. The van der Waals surface area contributed by atoms with Crippen molar-refractivity contribution in [2.24, 2.45) is 0 Å². The summed E-state index contributed by atoms with van der Waals surface area (Å²) in [5.74, 6) is -2.97. The van der Waals surface area contributed by atoms with Crippen LogP contribution in [0, 0.1) is 11.6 Å². The van der Waals surface area contributed by atoms with Crippen LogP contribution in [0.1, 0.15) is 12.0 Å². The first kappa shape index (κ1) is 12.2. The van der Waals surface area contributed by atoms with E-state index in [1.165, 1.54) is 19.3 Å². The number of carbonyl (C=O) groups excluding carboxylic acids is 1. The molecule has 1 rings (SSSR count). The predicted molar refractivity (Wildman–Crippen MR) is 53.7 cm³/mol. The number of phenols is 1. The van der Waals surface area contributed by atoms with E-state index in [1.54, 1.807) is 0 Å². The number of methoxy groups -OCH3 is 1. The Morgan fingerprint density at radius 1 is 1.50 bits per heavy atom. The SMILES string of the molecule is COC(=O)CC=Cc1cc(F)cc(F)c1O. The second kappa shape index (κ2) is 5.25. The highest BCUT2D eigenvalue weighted by atomic mass is 19.1. The maximum atomic E-state index is 12.9. The van der Waals surface area contributed by atoms with Gasteiger partial charge in [-0.05, 0) is 6.07 Å². The van der Waals surface area contributed by atoms with Crippen molar-refractivity contribution in [2.45, 2.75) is 6.42 Å². The Morgan fingerprint density at radius 2 is 2.19 bits per heavy atom. The van der Waals surface area contributed by atoms with Crippen LogP contribution in [0.15, 0.2) is 18.2 Å². The molecule has 0 saturated carbocycles. The Balaban J connectivity index is 2.85. The van der Waals surface area contributed by atoms with Crippen molar-refractivity contribution < 1.29 is 23.4 Å². The van der Waals surface area contributed by atoms with Crippen molar-refractivity contribution in [3.63, 3.8) is 0 Å². The first-order valence-electron chi connectivity index (χ1n) is 4.46. The zero-order valence-corrected chi connectivity index (χ0v) is 8.54. The first-order valence-corrected chi connectivity index (χ1v) is 4.46. The summed E-state index contributed by atoms with van der Waals surface area (Å²) in [6.45, 7) is 0. The molecule has 0 fully saturated rings. The fourth-order valence-electron chi connectivity index (χ4n) is 1.08. The van der Waals surface area contributed by atoms with Crippen LogP contribution in [0.5, 0.6) is 5.75 Å². The van der Waals surface area contributed by atoms with Crippen LogP contribution in [-0.4, -0.2) is 18.2 Å². The molecule has 0 bridgehead atoms. The molecule has 0 saturated heterocycles. The zero-order chi connectivity index (χ0) is 12.1. The topological polar surface area (TPSA) is 46.5 Å². The Bertz CT molecular complexity index is 427. The molecule has 0 amide bonds. The Morgan fingerprint density at radius 3 is 2.81 bits per heavy atom. The summed E-state index contributed by atoms with van der Waals surface area (Å²) in [5.41, 5.74) is -0.0265. The summed E-state index contributed by atoms with van der Waals surface area (Å²) in [4.78, 5) is 10.7. The number of carbonyl (C=O) groups is 1. The number of benzene rings is 1. The molecule has 0 aliphatic carbocycles. The third-order valence-corrected chi connectivity index (χ3v) is 1.87. The number of rotatable bonds is 3. The molecule has 0 spiro atoms. The number of hydrogen-bond donors (Lipinski definition) is 1. The van der Waals surface area contributed by atoms with Crippen LogP contribution in [0.3, 0.4) is 0 Å². The summed E-state index contributed by atoms with van der Waals surface area (Å²) in [6, 6.07) is 1.54. The zero-order valence-electron chi connectivity index (χ0n) is 8.54. The molecule has 3 nitrogen and oxygen atoms in total. The number of ether oxygens (including phenoxy) is 1. The van der Waals surface area contributed by atoms with Gasteiger partial charge in [-0.1, -0.05) is 12.2 Å². The molecule has 0 aliphatic rings. The molecule has 1 aromatic rings. The number of hydrogen-bond acceptors (Lipinski definition) is 3. The number of halogens is 2. The highest BCUT2D eigenvalue weighted by Crippen LogP contribution is 2.23. The second-order valence-electron chi connectivity index (χ2n) is 3.01. The molecule has 0 heterocycles. The molecule has 5 heteroatoms. The predicted octanol–water partition coefficient (Wildman–Crippen LogP) is 2.25. The Kier molecular flexibility index (Phi) is 3.99. The van der Waals surface area contributed by atoms with Gasteiger partial charge in [0.05, 0.1) is 13.5 Å². The van der Waals surface area contributed by atoms with E-state index in [2.05, 4.69) is 4.74 Å². The molecular weight excluding hydrogens is 218 g/mol. The van der Waals surface area contributed by atoms with Crippen molar-refractivity contribution in [1.29, 1.82) is 0 Å². The van der Waals surface area contributed by atoms with E-state index in [0.29, 0.717) is 6.07 Å². The fraction of sp³-hybridized carbons (Fsp3) is 0.182. The molecule has 0 aliphatic heterocycles. The van der Waals surface area contributed by atoms with Crippen LogP contribution in [0.25, 0.3) is 6.08 Å². The molecular formula is C11H10F2O3. The molecule has 0 atom stereocenters. The van der Waals surface area contributed by atoms with Gasteiger partial charge in [0.15, 0.2) is 11.6 Å². The van der Waals surface area contributed by atoms with Gasteiger partial charge in [-0.15, -0.1) is 0 Å². The Labute approximate surface area is 91.0 Å². The van der Waals surface area contributed by atoms with Crippen LogP contribution in [0.2, 0.25) is 0 Å². The van der Waals surface area contributed by atoms with Crippen LogP contribution in [0.4, 0.5) is 8.78 Å². The van der Waals surface area contributed by atoms with Crippen LogP contribution in [-0.2, 0) is 9.53 Å². The van der Waals surface area contributed by atoms with Crippen LogP contribution < -0.4 is 0 Å². The third-order valence-electron chi connectivity index (χ3n) is 1.87. The minimum absolute atomic E-state index is 0.0265. The smallest absolute Gasteiger partial charge is 0.309 e. The molecule has 0 radical (unpaired) electrons.